The highest BCUT2D eigenvalue weighted by molar-refractivity contribution is 5.99. The van der Waals surface area contributed by atoms with Gasteiger partial charge in [0.1, 0.15) is 11.3 Å². The molecule has 0 aliphatic heterocycles. The third-order valence-corrected chi connectivity index (χ3v) is 3.12. The van der Waals surface area contributed by atoms with E-state index in [1.54, 1.807) is 7.11 Å². The van der Waals surface area contributed by atoms with Crippen molar-refractivity contribution >= 4 is 22.8 Å². The summed E-state index contributed by atoms with van der Waals surface area (Å²) in [6.45, 7) is 1.91. The van der Waals surface area contributed by atoms with Gasteiger partial charge < -0.3 is 9.15 Å². The summed E-state index contributed by atoms with van der Waals surface area (Å²) < 4.78 is 10.7. The average Bonchev–Trinajstić information content (AvgIpc) is 2.95. The summed E-state index contributed by atoms with van der Waals surface area (Å²) in [4.78, 5) is 4.30. The van der Waals surface area contributed by atoms with E-state index < -0.39 is 0 Å². The van der Waals surface area contributed by atoms with E-state index in [4.69, 9.17) is 9.15 Å². The molecule has 21 heavy (non-hydrogen) atoms. The first-order valence-corrected chi connectivity index (χ1v) is 6.56. The molecule has 3 aromatic rings. The number of methoxy groups -OCH3 is 1. The van der Waals surface area contributed by atoms with Gasteiger partial charge in [0, 0.05) is 0 Å². The molecule has 0 amide bonds. The summed E-state index contributed by atoms with van der Waals surface area (Å²) in [6, 6.07) is 15.7. The average molecular weight is 281 g/mol. The number of nitrogens with zero attached hydrogens (tertiary/aromatic N) is 2. The first-order valence-electron chi connectivity index (χ1n) is 6.56. The molecule has 0 bridgehead atoms. The summed E-state index contributed by atoms with van der Waals surface area (Å²) in [5.74, 6) is 0.818. The van der Waals surface area contributed by atoms with Crippen molar-refractivity contribution in [2.24, 2.45) is 5.10 Å². The summed E-state index contributed by atoms with van der Waals surface area (Å²) in [5.41, 5.74) is 6.21. The molecule has 5 nitrogen and oxygen atoms in total. The van der Waals surface area contributed by atoms with Gasteiger partial charge in [0.05, 0.1) is 12.8 Å². The molecule has 0 saturated heterocycles. The number of ether oxygens (including phenoxy) is 1. The van der Waals surface area contributed by atoms with Crippen molar-refractivity contribution in [3.8, 4) is 5.75 Å². The molecule has 1 heterocycles. The molecular formula is C16H15N3O2. The Hall–Kier alpha value is -2.82. The van der Waals surface area contributed by atoms with Crippen molar-refractivity contribution in [1.82, 2.24) is 4.98 Å². The molecule has 106 valence electrons. The van der Waals surface area contributed by atoms with Gasteiger partial charge in [-0.25, -0.2) is 5.43 Å². The molecule has 0 aliphatic carbocycles. The largest absolute Gasteiger partial charge is 0.497 e. The second kappa shape index (κ2) is 5.66. The highest BCUT2D eigenvalue weighted by Gasteiger charge is 2.04. The van der Waals surface area contributed by atoms with Gasteiger partial charge in [-0.05, 0) is 48.9 Å². The SMILES string of the molecule is COc1ccc(/C(C)=N\Nc2nc3ccccc3o2)cc1. The number of hydrogen-bond donors (Lipinski definition) is 1. The van der Waals surface area contributed by atoms with E-state index in [-0.39, 0.29) is 0 Å². The van der Waals surface area contributed by atoms with Gasteiger partial charge in [-0.2, -0.15) is 10.1 Å². The molecule has 0 aliphatic rings. The first kappa shape index (κ1) is 13.2. The smallest absolute Gasteiger partial charge is 0.316 e. The minimum atomic E-state index is 0.379. The summed E-state index contributed by atoms with van der Waals surface area (Å²) >= 11 is 0. The molecule has 3 rings (SSSR count). The second-order valence-corrected chi connectivity index (χ2v) is 4.52. The van der Waals surface area contributed by atoms with Crippen LogP contribution in [0.5, 0.6) is 5.75 Å². The molecule has 0 radical (unpaired) electrons. The van der Waals surface area contributed by atoms with Gasteiger partial charge in [0.15, 0.2) is 5.58 Å². The Balaban J connectivity index is 1.77. The Labute approximate surface area is 122 Å². The van der Waals surface area contributed by atoms with Gasteiger partial charge in [-0.1, -0.05) is 12.1 Å². The van der Waals surface area contributed by atoms with Crippen LogP contribution < -0.4 is 10.2 Å². The van der Waals surface area contributed by atoms with E-state index in [0.29, 0.717) is 6.01 Å². The molecule has 0 unspecified atom stereocenters. The minimum Gasteiger partial charge on any atom is -0.497 e. The monoisotopic (exact) mass is 281 g/mol. The Morgan fingerprint density at radius 2 is 1.90 bits per heavy atom. The molecule has 1 aromatic heterocycles. The van der Waals surface area contributed by atoms with Crippen LogP contribution in [0, 0.1) is 0 Å². The van der Waals surface area contributed by atoms with Crippen molar-refractivity contribution in [3.63, 3.8) is 0 Å². The zero-order valence-electron chi connectivity index (χ0n) is 11.8. The van der Waals surface area contributed by atoms with Gasteiger partial charge >= 0.3 is 6.01 Å². The van der Waals surface area contributed by atoms with Crippen molar-refractivity contribution in [3.05, 3.63) is 54.1 Å². The number of aromatic nitrogens is 1. The lowest BCUT2D eigenvalue weighted by Crippen LogP contribution is -1.99. The summed E-state index contributed by atoms with van der Waals surface area (Å²) in [5, 5.41) is 4.28. The van der Waals surface area contributed by atoms with Crippen LogP contribution in [0.3, 0.4) is 0 Å². The molecule has 1 N–H and O–H groups in total. The fourth-order valence-corrected chi connectivity index (χ4v) is 1.95. The number of para-hydroxylation sites is 2. The number of benzene rings is 2. The van der Waals surface area contributed by atoms with Crippen LogP contribution in [-0.2, 0) is 0 Å². The van der Waals surface area contributed by atoms with Gasteiger partial charge in [-0.3, -0.25) is 0 Å². The number of rotatable bonds is 4. The van der Waals surface area contributed by atoms with Gasteiger partial charge in [0.2, 0.25) is 0 Å². The summed E-state index contributed by atoms with van der Waals surface area (Å²) in [6.07, 6.45) is 0. The number of oxazole rings is 1. The molecule has 2 aromatic carbocycles. The van der Waals surface area contributed by atoms with E-state index in [2.05, 4.69) is 15.5 Å². The molecule has 5 heteroatoms. The Bertz CT molecular complexity index is 743. The van der Waals surface area contributed by atoms with Crippen molar-refractivity contribution in [2.75, 3.05) is 12.5 Å². The van der Waals surface area contributed by atoms with E-state index in [1.807, 2.05) is 55.5 Å². The number of hydrazone groups is 1. The number of fused-ring (bicyclic) bond motifs is 1. The molecule has 0 saturated carbocycles. The summed E-state index contributed by atoms with van der Waals surface area (Å²) in [7, 11) is 1.64. The number of anilines is 1. The van der Waals surface area contributed by atoms with Crippen LogP contribution in [0.2, 0.25) is 0 Å². The molecule has 0 spiro atoms. The highest BCUT2D eigenvalue weighted by atomic mass is 16.5. The van der Waals surface area contributed by atoms with E-state index in [0.717, 1.165) is 28.1 Å². The lowest BCUT2D eigenvalue weighted by atomic mass is 10.1. The third kappa shape index (κ3) is 2.86. The fraction of sp³-hybridized carbons (Fsp3) is 0.125. The number of nitrogens with one attached hydrogen (secondary N) is 1. The highest BCUT2D eigenvalue weighted by Crippen LogP contribution is 2.18. The maximum absolute atomic E-state index is 5.54. The van der Waals surface area contributed by atoms with E-state index in [9.17, 15) is 0 Å². The van der Waals surface area contributed by atoms with Crippen LogP contribution in [0.25, 0.3) is 11.1 Å². The van der Waals surface area contributed by atoms with Crippen LogP contribution >= 0.6 is 0 Å². The maximum Gasteiger partial charge on any atom is 0.316 e. The topological polar surface area (TPSA) is 59.6 Å². The quantitative estimate of drug-likeness (QED) is 0.585. The second-order valence-electron chi connectivity index (χ2n) is 4.52. The molecular weight excluding hydrogens is 266 g/mol. The Morgan fingerprint density at radius 3 is 2.62 bits per heavy atom. The minimum absolute atomic E-state index is 0.379. The Kier molecular flexibility index (Phi) is 3.55. The van der Waals surface area contributed by atoms with Crippen LogP contribution in [0.15, 0.2) is 58.0 Å². The van der Waals surface area contributed by atoms with Gasteiger partial charge in [0.25, 0.3) is 0 Å². The Morgan fingerprint density at radius 1 is 1.14 bits per heavy atom. The van der Waals surface area contributed by atoms with Crippen molar-refractivity contribution in [2.45, 2.75) is 6.92 Å². The maximum atomic E-state index is 5.54. The molecule has 0 atom stereocenters. The zero-order valence-corrected chi connectivity index (χ0v) is 11.8. The predicted molar refractivity (Wildman–Crippen MR) is 82.8 cm³/mol. The standard InChI is InChI=1S/C16H15N3O2/c1-11(12-7-9-13(20-2)10-8-12)18-19-16-17-14-5-3-4-6-15(14)21-16/h3-10H,1-2H3,(H,17,19)/b18-11-. The van der Waals surface area contributed by atoms with Crippen LogP contribution in [0.1, 0.15) is 12.5 Å². The molecule has 0 fully saturated rings. The van der Waals surface area contributed by atoms with E-state index >= 15 is 0 Å². The van der Waals surface area contributed by atoms with Crippen LogP contribution in [0.4, 0.5) is 6.01 Å². The lowest BCUT2D eigenvalue weighted by molar-refractivity contribution is 0.415. The van der Waals surface area contributed by atoms with Crippen molar-refractivity contribution in [1.29, 1.82) is 0 Å². The van der Waals surface area contributed by atoms with Crippen molar-refractivity contribution < 1.29 is 9.15 Å². The normalized spacial score (nSPS) is 11.6. The predicted octanol–water partition coefficient (Wildman–Crippen LogP) is 3.67. The first-order chi connectivity index (χ1) is 10.3. The third-order valence-electron chi connectivity index (χ3n) is 3.12. The van der Waals surface area contributed by atoms with E-state index in [1.165, 1.54) is 0 Å². The number of hydrogen-bond acceptors (Lipinski definition) is 5. The lowest BCUT2D eigenvalue weighted by Gasteiger charge is -2.03. The fourth-order valence-electron chi connectivity index (χ4n) is 1.95. The zero-order chi connectivity index (χ0) is 14.7. The van der Waals surface area contributed by atoms with Crippen LogP contribution in [-0.4, -0.2) is 17.8 Å². The van der Waals surface area contributed by atoms with Gasteiger partial charge in [-0.15, -0.1) is 0 Å².